The number of likely N-dealkylation sites (N-methyl/N-ethyl adjacent to an activating group) is 4. The molecule has 0 rings (SSSR count). The molecule has 0 spiro atoms. The number of hydrogen-bond donors (Lipinski definition) is 1. The van der Waals surface area contributed by atoms with Crippen molar-refractivity contribution in [1.82, 2.24) is 20.0 Å². The molecule has 4 heteroatoms. The van der Waals surface area contributed by atoms with E-state index in [-0.39, 0.29) is 0 Å². The van der Waals surface area contributed by atoms with E-state index in [1.165, 1.54) is 84.0 Å². The van der Waals surface area contributed by atoms with Gasteiger partial charge < -0.3 is 15.1 Å². The quantitative estimate of drug-likeness (QED) is 0.0849. The summed E-state index contributed by atoms with van der Waals surface area (Å²) < 4.78 is 0. The van der Waals surface area contributed by atoms with Crippen LogP contribution in [0.25, 0.3) is 0 Å². The van der Waals surface area contributed by atoms with Crippen molar-refractivity contribution in [3.63, 3.8) is 0 Å². The molecule has 228 valence electrons. The van der Waals surface area contributed by atoms with Gasteiger partial charge in [-0.05, 0) is 63.7 Å². The molecule has 0 amide bonds. The minimum absolute atomic E-state index is 0.862. The predicted molar refractivity (Wildman–Crippen MR) is 173 cm³/mol. The van der Waals surface area contributed by atoms with Crippen molar-refractivity contribution >= 4 is 0 Å². The van der Waals surface area contributed by atoms with Crippen LogP contribution in [-0.2, 0) is 0 Å². The van der Waals surface area contributed by atoms with Crippen molar-refractivity contribution in [3.05, 3.63) is 11.6 Å². The van der Waals surface area contributed by atoms with Gasteiger partial charge in [-0.15, -0.1) is 0 Å². The van der Waals surface area contributed by atoms with E-state index in [1.807, 2.05) is 0 Å². The Morgan fingerprint density at radius 1 is 0.632 bits per heavy atom. The van der Waals surface area contributed by atoms with Crippen LogP contribution in [0.2, 0.25) is 0 Å². The van der Waals surface area contributed by atoms with Crippen LogP contribution in [0.3, 0.4) is 0 Å². The Morgan fingerprint density at radius 2 is 1.11 bits per heavy atom. The van der Waals surface area contributed by atoms with Crippen LogP contribution in [0.1, 0.15) is 120 Å². The van der Waals surface area contributed by atoms with E-state index in [0.717, 1.165) is 63.6 Å². The topological polar surface area (TPSA) is 21.8 Å². The van der Waals surface area contributed by atoms with Gasteiger partial charge in [0.25, 0.3) is 0 Å². The Hall–Kier alpha value is -0.420. The molecule has 0 saturated carbocycles. The van der Waals surface area contributed by atoms with Crippen molar-refractivity contribution in [1.29, 1.82) is 0 Å². The summed E-state index contributed by atoms with van der Waals surface area (Å²) >= 11 is 0. The van der Waals surface area contributed by atoms with Gasteiger partial charge in [-0.2, -0.15) is 0 Å². The summed E-state index contributed by atoms with van der Waals surface area (Å²) in [5.41, 5.74) is 1.58. The van der Waals surface area contributed by atoms with E-state index in [1.54, 1.807) is 5.57 Å². The van der Waals surface area contributed by atoms with Gasteiger partial charge >= 0.3 is 0 Å². The van der Waals surface area contributed by atoms with E-state index < -0.39 is 0 Å². The highest BCUT2D eigenvalue weighted by atomic mass is 15.2. The zero-order chi connectivity index (χ0) is 28.6. The van der Waals surface area contributed by atoms with Crippen molar-refractivity contribution in [2.75, 3.05) is 72.0 Å². The van der Waals surface area contributed by atoms with Crippen molar-refractivity contribution in [2.24, 2.45) is 17.8 Å². The summed E-state index contributed by atoms with van der Waals surface area (Å²) in [7, 11) is 0. The van der Waals surface area contributed by atoms with Gasteiger partial charge in [0.15, 0.2) is 0 Å². The molecule has 0 bridgehead atoms. The van der Waals surface area contributed by atoms with Crippen molar-refractivity contribution in [2.45, 2.75) is 120 Å². The van der Waals surface area contributed by atoms with Gasteiger partial charge in [0, 0.05) is 45.8 Å². The van der Waals surface area contributed by atoms with Crippen LogP contribution in [0.4, 0.5) is 0 Å². The van der Waals surface area contributed by atoms with Crippen molar-refractivity contribution in [3.8, 4) is 0 Å². The first-order valence-electron chi connectivity index (χ1n) is 16.8. The Morgan fingerprint density at radius 3 is 1.61 bits per heavy atom. The molecule has 0 fully saturated rings. The zero-order valence-electron chi connectivity index (χ0n) is 27.8. The molecule has 0 heterocycles. The van der Waals surface area contributed by atoms with E-state index in [4.69, 9.17) is 0 Å². The van der Waals surface area contributed by atoms with Crippen LogP contribution < -0.4 is 5.32 Å². The lowest BCUT2D eigenvalue weighted by Gasteiger charge is -2.28. The standard InChI is InChI=1S/C34H72N4/c1-10-35-24-26-37(12-3)28-30-38(13-4)29-27-36(11-2)25-23-34(9)22-16-21-33(8)20-15-19-32(7)18-14-17-31(5)6/h23,31-33,35H,10-22,24-30H2,1-9H3. The number of hydrogen-bond acceptors (Lipinski definition) is 4. The SMILES string of the molecule is CCNCCN(CC)CCN(CC)CCN(CC)CC=C(C)CCCC(C)CCCC(C)CCCC(C)C. The van der Waals surface area contributed by atoms with E-state index >= 15 is 0 Å². The summed E-state index contributed by atoms with van der Waals surface area (Å²) in [6.07, 6.45) is 15.0. The highest BCUT2D eigenvalue weighted by Crippen LogP contribution is 2.22. The van der Waals surface area contributed by atoms with Crippen LogP contribution in [0.5, 0.6) is 0 Å². The van der Waals surface area contributed by atoms with Gasteiger partial charge in [-0.1, -0.05) is 112 Å². The minimum Gasteiger partial charge on any atom is -0.316 e. The molecule has 2 atom stereocenters. The summed E-state index contributed by atoms with van der Waals surface area (Å²) in [6, 6.07) is 0. The molecule has 0 aliphatic heterocycles. The lowest BCUT2D eigenvalue weighted by Crippen LogP contribution is -2.41. The summed E-state index contributed by atoms with van der Waals surface area (Å²) in [6.45, 7) is 33.6. The van der Waals surface area contributed by atoms with E-state index in [9.17, 15) is 0 Å². The molecule has 0 saturated heterocycles. The summed E-state index contributed by atoms with van der Waals surface area (Å²) in [4.78, 5) is 7.81. The zero-order valence-corrected chi connectivity index (χ0v) is 27.8. The number of nitrogens with zero attached hydrogens (tertiary/aromatic N) is 3. The largest absolute Gasteiger partial charge is 0.316 e. The summed E-state index contributed by atoms with van der Waals surface area (Å²) in [5, 5.41) is 3.46. The van der Waals surface area contributed by atoms with E-state index in [2.05, 4.69) is 88.4 Å². The molecule has 0 aromatic rings. The molecule has 4 nitrogen and oxygen atoms in total. The highest BCUT2D eigenvalue weighted by molar-refractivity contribution is 4.99. The maximum absolute atomic E-state index is 3.46. The molecule has 38 heavy (non-hydrogen) atoms. The first-order chi connectivity index (χ1) is 18.2. The van der Waals surface area contributed by atoms with Crippen LogP contribution in [-0.4, -0.2) is 86.7 Å². The third kappa shape index (κ3) is 22.4. The lowest BCUT2D eigenvalue weighted by atomic mass is 9.91. The molecule has 1 N–H and O–H groups in total. The molecule has 0 radical (unpaired) electrons. The second-order valence-electron chi connectivity index (χ2n) is 12.5. The van der Waals surface area contributed by atoms with E-state index in [0.29, 0.717) is 0 Å². The Kier molecular flexibility index (Phi) is 25.3. The van der Waals surface area contributed by atoms with Gasteiger partial charge in [-0.3, -0.25) is 4.90 Å². The average Bonchev–Trinajstić information content (AvgIpc) is 2.88. The number of rotatable bonds is 27. The molecular weight excluding hydrogens is 464 g/mol. The first kappa shape index (κ1) is 37.6. The predicted octanol–water partition coefficient (Wildman–Crippen LogP) is 7.95. The first-order valence-corrected chi connectivity index (χ1v) is 16.8. The van der Waals surface area contributed by atoms with Crippen LogP contribution in [0, 0.1) is 17.8 Å². The van der Waals surface area contributed by atoms with Crippen LogP contribution in [0.15, 0.2) is 11.6 Å². The maximum atomic E-state index is 3.46. The Balaban J connectivity index is 4.13. The Bertz CT molecular complexity index is 533. The lowest BCUT2D eigenvalue weighted by molar-refractivity contribution is 0.191. The monoisotopic (exact) mass is 537 g/mol. The molecule has 0 aromatic carbocycles. The summed E-state index contributed by atoms with van der Waals surface area (Å²) in [5.74, 6) is 2.65. The second-order valence-corrected chi connectivity index (χ2v) is 12.5. The number of allylic oxidation sites excluding steroid dienone is 1. The van der Waals surface area contributed by atoms with Gasteiger partial charge in [-0.25, -0.2) is 0 Å². The van der Waals surface area contributed by atoms with Crippen LogP contribution >= 0.6 is 0 Å². The molecule has 0 aliphatic rings. The molecule has 0 aromatic heterocycles. The maximum Gasteiger partial charge on any atom is 0.0166 e. The van der Waals surface area contributed by atoms with Gasteiger partial charge in [0.05, 0.1) is 0 Å². The fourth-order valence-electron chi connectivity index (χ4n) is 5.31. The fourth-order valence-corrected chi connectivity index (χ4v) is 5.31. The normalized spacial score (nSPS) is 14.4. The van der Waals surface area contributed by atoms with Gasteiger partial charge in [0.1, 0.15) is 0 Å². The molecule has 0 aliphatic carbocycles. The second kappa shape index (κ2) is 25.5. The van der Waals surface area contributed by atoms with Gasteiger partial charge in [0.2, 0.25) is 0 Å². The Labute approximate surface area is 241 Å². The molecule has 2 unspecified atom stereocenters. The minimum atomic E-state index is 0.862. The van der Waals surface area contributed by atoms with Crippen molar-refractivity contribution < 1.29 is 0 Å². The third-order valence-electron chi connectivity index (χ3n) is 8.50. The smallest absolute Gasteiger partial charge is 0.0166 e. The number of nitrogens with one attached hydrogen (secondary N) is 1. The highest BCUT2D eigenvalue weighted by Gasteiger charge is 2.10. The fraction of sp³-hybridized carbons (Fsp3) is 0.941. The third-order valence-corrected chi connectivity index (χ3v) is 8.50. The molecular formula is C34H72N4. The average molecular weight is 537 g/mol.